The van der Waals surface area contributed by atoms with E-state index < -0.39 is 0 Å². The summed E-state index contributed by atoms with van der Waals surface area (Å²) >= 11 is 0. The van der Waals surface area contributed by atoms with Gasteiger partial charge < -0.3 is 4.74 Å². The van der Waals surface area contributed by atoms with Crippen LogP contribution in [0.5, 0.6) is 0 Å². The molecule has 3 rings (SSSR count). The zero-order chi connectivity index (χ0) is 10.3. The highest BCUT2D eigenvalue weighted by molar-refractivity contribution is 5.74. The van der Waals surface area contributed by atoms with Crippen molar-refractivity contribution in [1.82, 2.24) is 0 Å². The Hall–Kier alpha value is -1.05. The van der Waals surface area contributed by atoms with Gasteiger partial charge >= 0.3 is 5.97 Å². The highest BCUT2D eigenvalue weighted by Crippen LogP contribution is 2.40. The first-order valence-corrected chi connectivity index (χ1v) is 5.94. The minimum atomic E-state index is -0.0248. The molecule has 2 aliphatic carbocycles. The van der Waals surface area contributed by atoms with Crippen LogP contribution in [-0.4, -0.2) is 12.1 Å². The van der Waals surface area contributed by atoms with Gasteiger partial charge in [0, 0.05) is 5.92 Å². The molecule has 1 saturated carbocycles. The Kier molecular flexibility index (Phi) is 2.15. The largest absolute Gasteiger partial charge is 0.457 e. The minimum Gasteiger partial charge on any atom is -0.457 e. The second-order valence-corrected chi connectivity index (χ2v) is 4.74. The van der Waals surface area contributed by atoms with E-state index in [2.05, 4.69) is 12.2 Å². The summed E-state index contributed by atoms with van der Waals surface area (Å²) in [5, 5.41) is 0. The first kappa shape index (κ1) is 9.20. The number of allylic oxidation sites excluding steroid dienone is 2. The highest BCUT2D eigenvalue weighted by atomic mass is 16.5. The van der Waals surface area contributed by atoms with E-state index in [4.69, 9.17) is 4.74 Å². The van der Waals surface area contributed by atoms with Crippen LogP contribution in [0.4, 0.5) is 0 Å². The maximum absolute atomic E-state index is 11.2. The van der Waals surface area contributed by atoms with Crippen molar-refractivity contribution >= 4 is 5.97 Å². The molecular formula is C13H16O2. The van der Waals surface area contributed by atoms with E-state index in [0.29, 0.717) is 12.3 Å². The van der Waals surface area contributed by atoms with Gasteiger partial charge in [-0.2, -0.15) is 0 Å². The number of carbonyl (C=O) groups is 1. The predicted molar refractivity (Wildman–Crippen MR) is 57.2 cm³/mol. The zero-order valence-corrected chi connectivity index (χ0v) is 8.87. The number of fused-ring (bicyclic) bond motifs is 1. The number of hydrogen-bond acceptors (Lipinski definition) is 2. The van der Waals surface area contributed by atoms with Crippen molar-refractivity contribution in [3.05, 3.63) is 23.3 Å². The molecule has 2 unspecified atom stereocenters. The van der Waals surface area contributed by atoms with Gasteiger partial charge in [-0.1, -0.05) is 18.1 Å². The molecule has 2 nitrogen and oxygen atoms in total. The van der Waals surface area contributed by atoms with Crippen molar-refractivity contribution in [1.29, 1.82) is 0 Å². The van der Waals surface area contributed by atoms with Crippen LogP contribution in [0.2, 0.25) is 0 Å². The molecule has 1 heterocycles. The number of ether oxygens (including phenoxy) is 1. The zero-order valence-electron chi connectivity index (χ0n) is 8.87. The molecule has 15 heavy (non-hydrogen) atoms. The molecule has 0 radical (unpaired) electrons. The van der Waals surface area contributed by atoms with Crippen molar-refractivity contribution in [2.45, 2.75) is 44.6 Å². The van der Waals surface area contributed by atoms with Crippen LogP contribution in [0.25, 0.3) is 0 Å². The second-order valence-electron chi connectivity index (χ2n) is 4.74. The summed E-state index contributed by atoms with van der Waals surface area (Å²) in [6.07, 6.45) is 11.4. The van der Waals surface area contributed by atoms with Crippen molar-refractivity contribution in [3.8, 4) is 0 Å². The maximum Gasteiger partial charge on any atom is 0.307 e. The van der Waals surface area contributed by atoms with Crippen molar-refractivity contribution in [2.75, 3.05) is 0 Å². The van der Waals surface area contributed by atoms with Crippen LogP contribution >= 0.6 is 0 Å². The number of carbonyl (C=O) groups excluding carboxylic acids is 1. The molecule has 2 atom stereocenters. The fourth-order valence-corrected chi connectivity index (χ4v) is 3.01. The van der Waals surface area contributed by atoms with Crippen molar-refractivity contribution in [3.63, 3.8) is 0 Å². The first-order valence-electron chi connectivity index (χ1n) is 5.94. The van der Waals surface area contributed by atoms with E-state index in [-0.39, 0.29) is 12.1 Å². The van der Waals surface area contributed by atoms with Crippen LogP contribution in [0, 0.1) is 5.92 Å². The van der Waals surface area contributed by atoms with Crippen LogP contribution in [-0.2, 0) is 9.53 Å². The second kappa shape index (κ2) is 3.51. The quantitative estimate of drug-likeness (QED) is 0.567. The molecule has 2 fully saturated rings. The van der Waals surface area contributed by atoms with Gasteiger partial charge in [-0.05, 0) is 37.3 Å². The third-order valence-corrected chi connectivity index (χ3v) is 3.78. The standard InChI is InChI=1S/C13H16O2/c14-13-8-11-10(6-7-12(11)15-13)9-4-2-1-3-5-9/h6-7,11-12H,1-5,8H2. The summed E-state index contributed by atoms with van der Waals surface area (Å²) < 4.78 is 5.25. The Labute approximate surface area is 90.0 Å². The van der Waals surface area contributed by atoms with Crippen LogP contribution in [0.3, 0.4) is 0 Å². The van der Waals surface area contributed by atoms with E-state index in [1.54, 1.807) is 5.57 Å². The Morgan fingerprint density at radius 2 is 2.00 bits per heavy atom. The van der Waals surface area contributed by atoms with Crippen LogP contribution < -0.4 is 0 Å². The highest BCUT2D eigenvalue weighted by Gasteiger charge is 2.39. The van der Waals surface area contributed by atoms with Gasteiger partial charge in [0.2, 0.25) is 0 Å². The molecule has 1 aliphatic heterocycles. The van der Waals surface area contributed by atoms with Gasteiger partial charge in [0.05, 0.1) is 6.42 Å². The Morgan fingerprint density at radius 3 is 2.80 bits per heavy atom. The summed E-state index contributed by atoms with van der Waals surface area (Å²) in [7, 11) is 0. The summed E-state index contributed by atoms with van der Waals surface area (Å²) in [5.74, 6) is 0.328. The van der Waals surface area contributed by atoms with E-state index in [0.717, 1.165) is 0 Å². The molecule has 0 aromatic heterocycles. The summed E-state index contributed by atoms with van der Waals surface area (Å²) in [5.41, 5.74) is 3.01. The lowest BCUT2D eigenvalue weighted by atomic mass is 9.86. The Balaban J connectivity index is 1.87. The van der Waals surface area contributed by atoms with E-state index in [1.165, 1.54) is 37.7 Å². The molecule has 0 aromatic carbocycles. The predicted octanol–water partition coefficient (Wildman–Crippen LogP) is 2.75. The van der Waals surface area contributed by atoms with Crippen LogP contribution in [0.1, 0.15) is 38.5 Å². The van der Waals surface area contributed by atoms with Gasteiger partial charge in [-0.3, -0.25) is 4.79 Å². The Bertz CT molecular complexity index is 344. The Morgan fingerprint density at radius 1 is 1.20 bits per heavy atom. The molecular weight excluding hydrogens is 188 g/mol. The number of esters is 1. The molecule has 0 amide bonds. The summed E-state index contributed by atoms with van der Waals surface area (Å²) in [6, 6.07) is 0. The van der Waals surface area contributed by atoms with E-state index >= 15 is 0 Å². The molecule has 3 aliphatic rings. The van der Waals surface area contributed by atoms with Gasteiger partial charge in [-0.25, -0.2) is 0 Å². The van der Waals surface area contributed by atoms with Gasteiger partial charge in [0.15, 0.2) is 0 Å². The van der Waals surface area contributed by atoms with Gasteiger partial charge in [-0.15, -0.1) is 0 Å². The van der Waals surface area contributed by atoms with Gasteiger partial charge in [0.1, 0.15) is 6.10 Å². The van der Waals surface area contributed by atoms with Gasteiger partial charge in [0.25, 0.3) is 0 Å². The fourth-order valence-electron chi connectivity index (χ4n) is 3.01. The normalized spacial score (nSPS) is 34.5. The lowest BCUT2D eigenvalue weighted by molar-refractivity contribution is -0.139. The van der Waals surface area contributed by atoms with E-state index in [9.17, 15) is 4.79 Å². The molecule has 2 heteroatoms. The van der Waals surface area contributed by atoms with Crippen molar-refractivity contribution < 1.29 is 9.53 Å². The molecule has 0 aromatic rings. The van der Waals surface area contributed by atoms with Crippen molar-refractivity contribution in [2.24, 2.45) is 5.92 Å². The first-order chi connectivity index (χ1) is 7.34. The third-order valence-electron chi connectivity index (χ3n) is 3.78. The smallest absolute Gasteiger partial charge is 0.307 e. The third kappa shape index (κ3) is 1.52. The average Bonchev–Trinajstić information content (AvgIpc) is 2.77. The summed E-state index contributed by atoms with van der Waals surface area (Å²) in [6.45, 7) is 0. The SMILES string of the molecule is O=C1CC2C(=C3CCCCC3)C=CC2O1. The lowest BCUT2D eigenvalue weighted by Gasteiger charge is -2.19. The summed E-state index contributed by atoms with van der Waals surface area (Å²) in [4.78, 5) is 11.2. The molecule has 0 spiro atoms. The van der Waals surface area contributed by atoms with Crippen LogP contribution in [0.15, 0.2) is 23.3 Å². The molecule has 0 N–H and O–H groups in total. The number of hydrogen-bond donors (Lipinski definition) is 0. The van der Waals surface area contributed by atoms with E-state index in [1.807, 2.05) is 0 Å². The lowest BCUT2D eigenvalue weighted by Crippen LogP contribution is -2.10. The molecule has 0 bridgehead atoms. The monoisotopic (exact) mass is 204 g/mol. The molecule has 80 valence electrons. The fraction of sp³-hybridized carbons (Fsp3) is 0.615. The number of rotatable bonds is 0. The average molecular weight is 204 g/mol. The maximum atomic E-state index is 11.2. The molecule has 1 saturated heterocycles. The minimum absolute atomic E-state index is 0.0248. The topological polar surface area (TPSA) is 26.3 Å².